The lowest BCUT2D eigenvalue weighted by Gasteiger charge is -2.37. The van der Waals surface area contributed by atoms with Crippen LogP contribution in [0.25, 0.3) is 33.9 Å². The lowest BCUT2D eigenvalue weighted by Crippen LogP contribution is -2.39. The Morgan fingerprint density at radius 3 is 1.97 bits per heavy atom. The Morgan fingerprint density at radius 2 is 1.35 bits per heavy atom. The number of rotatable bonds is 4. The number of nitrogens with one attached hydrogen (secondary N) is 1. The number of imidazole rings is 1. The van der Waals surface area contributed by atoms with Gasteiger partial charge in [0, 0.05) is 22.4 Å². The van der Waals surface area contributed by atoms with E-state index < -0.39 is 0 Å². The van der Waals surface area contributed by atoms with Crippen LogP contribution in [0.15, 0.2) is 72.8 Å². The van der Waals surface area contributed by atoms with Gasteiger partial charge < -0.3 is 19.4 Å². The van der Waals surface area contributed by atoms with Crippen LogP contribution in [0.4, 0.5) is 5.69 Å². The minimum atomic E-state index is -0.364. The van der Waals surface area contributed by atoms with Gasteiger partial charge in [0.1, 0.15) is 23.0 Å². The van der Waals surface area contributed by atoms with Crippen molar-refractivity contribution in [2.75, 3.05) is 19.5 Å². The smallest absolute Gasteiger partial charge is 0.145 e. The molecular weight excluding hydrogens is 386 g/mol. The summed E-state index contributed by atoms with van der Waals surface area (Å²) in [5.74, 6) is 2.61. The fraction of sp³-hybridized carbons (Fsp3) is 0.192. The third-order valence-corrected chi connectivity index (χ3v) is 5.77. The van der Waals surface area contributed by atoms with Crippen LogP contribution < -0.4 is 14.8 Å². The van der Waals surface area contributed by atoms with Crippen molar-refractivity contribution in [2.24, 2.45) is 0 Å². The normalized spacial score (nSPS) is 13.7. The van der Waals surface area contributed by atoms with Crippen molar-refractivity contribution in [2.45, 2.75) is 19.5 Å². The molecule has 1 aliphatic rings. The van der Waals surface area contributed by atoms with Crippen LogP contribution in [0.2, 0.25) is 0 Å². The summed E-state index contributed by atoms with van der Waals surface area (Å²) in [5.41, 5.74) is 5.95. The molecule has 0 aliphatic carbocycles. The lowest BCUT2D eigenvalue weighted by atomic mass is 10.0. The van der Waals surface area contributed by atoms with Crippen LogP contribution in [0.1, 0.15) is 13.8 Å². The minimum absolute atomic E-state index is 0.364. The van der Waals surface area contributed by atoms with Crippen LogP contribution in [0.3, 0.4) is 0 Å². The maximum absolute atomic E-state index is 5.38. The molecule has 0 radical (unpaired) electrons. The number of hydrogen-bond acceptors (Lipinski definition) is 4. The highest BCUT2D eigenvalue weighted by molar-refractivity contribution is 5.87. The fourth-order valence-electron chi connectivity index (χ4n) is 4.28. The lowest BCUT2D eigenvalue weighted by molar-refractivity contribution is 0.413. The van der Waals surface area contributed by atoms with Crippen molar-refractivity contribution in [1.29, 1.82) is 0 Å². The molecule has 4 aromatic rings. The minimum Gasteiger partial charge on any atom is -0.497 e. The first-order valence-corrected chi connectivity index (χ1v) is 10.3. The molecule has 0 fully saturated rings. The van der Waals surface area contributed by atoms with E-state index in [0.717, 1.165) is 51.1 Å². The van der Waals surface area contributed by atoms with Crippen molar-refractivity contribution >= 4 is 5.69 Å². The number of fused-ring (bicyclic) bond motifs is 3. The number of hydrogen-bond donors (Lipinski definition) is 1. The SMILES string of the molecule is COc1ccc(-c2nc3n(c2-c2ccc(OC)cc2)C(C)(C)Nc2ccccc2-3)cc1. The fourth-order valence-corrected chi connectivity index (χ4v) is 4.28. The second kappa shape index (κ2) is 7.20. The van der Waals surface area contributed by atoms with E-state index in [-0.39, 0.29) is 5.66 Å². The highest BCUT2D eigenvalue weighted by Crippen LogP contribution is 2.45. The first kappa shape index (κ1) is 19.2. The van der Waals surface area contributed by atoms with Gasteiger partial charge in [-0.25, -0.2) is 4.98 Å². The van der Waals surface area contributed by atoms with Crippen molar-refractivity contribution in [3.8, 4) is 45.4 Å². The van der Waals surface area contributed by atoms with Gasteiger partial charge in [0.05, 0.1) is 25.6 Å². The van der Waals surface area contributed by atoms with Crippen molar-refractivity contribution in [3.63, 3.8) is 0 Å². The Labute approximate surface area is 182 Å². The number of anilines is 1. The molecule has 1 aliphatic heterocycles. The van der Waals surface area contributed by atoms with Crippen LogP contribution >= 0.6 is 0 Å². The summed E-state index contributed by atoms with van der Waals surface area (Å²) in [5, 5.41) is 3.69. The molecule has 1 aromatic heterocycles. The summed E-state index contributed by atoms with van der Waals surface area (Å²) in [7, 11) is 3.36. The molecule has 5 nitrogen and oxygen atoms in total. The molecule has 0 saturated heterocycles. The molecule has 31 heavy (non-hydrogen) atoms. The van der Waals surface area contributed by atoms with Gasteiger partial charge in [-0.05, 0) is 74.5 Å². The molecular formula is C26H25N3O2. The van der Waals surface area contributed by atoms with Gasteiger partial charge in [0.2, 0.25) is 0 Å². The van der Waals surface area contributed by atoms with Crippen molar-refractivity contribution < 1.29 is 9.47 Å². The third-order valence-electron chi connectivity index (χ3n) is 5.77. The van der Waals surface area contributed by atoms with Crippen molar-refractivity contribution in [3.05, 3.63) is 72.8 Å². The Hall–Kier alpha value is -3.73. The number of aromatic nitrogens is 2. The van der Waals surface area contributed by atoms with Crippen LogP contribution in [0.5, 0.6) is 11.5 Å². The predicted molar refractivity (Wildman–Crippen MR) is 125 cm³/mol. The number of benzene rings is 3. The number of nitrogens with zero attached hydrogens (tertiary/aromatic N) is 2. The second-order valence-corrected chi connectivity index (χ2v) is 8.15. The van der Waals surface area contributed by atoms with E-state index in [1.807, 2.05) is 24.3 Å². The predicted octanol–water partition coefficient (Wildman–Crippen LogP) is 6.02. The average molecular weight is 412 g/mol. The van der Waals surface area contributed by atoms with Crippen LogP contribution in [-0.2, 0) is 5.66 Å². The Balaban J connectivity index is 1.81. The van der Waals surface area contributed by atoms with E-state index in [4.69, 9.17) is 14.5 Å². The Kier molecular flexibility index (Phi) is 4.47. The van der Waals surface area contributed by atoms with E-state index in [1.54, 1.807) is 14.2 Å². The number of para-hydroxylation sites is 1. The van der Waals surface area contributed by atoms with Crippen LogP contribution in [0, 0.1) is 0 Å². The summed E-state index contributed by atoms with van der Waals surface area (Å²) in [6, 6.07) is 24.6. The quantitative estimate of drug-likeness (QED) is 0.446. The molecule has 0 unspecified atom stereocenters. The maximum Gasteiger partial charge on any atom is 0.145 e. The standard InChI is InChI=1S/C26H25N3O2/c1-26(2)28-22-8-6-5-7-21(22)25-27-23(17-9-13-19(30-3)14-10-17)24(29(25)26)18-11-15-20(31-4)16-12-18/h5-16,28H,1-4H3. The van der Waals surface area contributed by atoms with E-state index in [9.17, 15) is 0 Å². The molecule has 0 amide bonds. The number of methoxy groups -OCH3 is 2. The van der Waals surface area contributed by atoms with Gasteiger partial charge in [0.25, 0.3) is 0 Å². The summed E-state index contributed by atoms with van der Waals surface area (Å²) < 4.78 is 13.0. The molecule has 0 atom stereocenters. The Bertz CT molecular complexity index is 1240. The first-order valence-electron chi connectivity index (χ1n) is 10.3. The Morgan fingerprint density at radius 1 is 0.774 bits per heavy atom. The molecule has 1 N–H and O–H groups in total. The summed E-state index contributed by atoms with van der Waals surface area (Å²) >= 11 is 0. The summed E-state index contributed by atoms with van der Waals surface area (Å²) in [6.07, 6.45) is 0. The monoisotopic (exact) mass is 411 g/mol. The van der Waals surface area contributed by atoms with Gasteiger partial charge in [-0.15, -0.1) is 0 Å². The van der Waals surface area contributed by atoms with Gasteiger partial charge in [-0.1, -0.05) is 12.1 Å². The molecule has 5 rings (SSSR count). The highest BCUT2D eigenvalue weighted by Gasteiger charge is 2.35. The number of ether oxygens (including phenoxy) is 2. The zero-order chi connectivity index (χ0) is 21.6. The van der Waals surface area contributed by atoms with E-state index in [0.29, 0.717) is 0 Å². The summed E-state index contributed by atoms with van der Waals surface area (Å²) in [4.78, 5) is 5.18. The maximum atomic E-state index is 5.38. The van der Waals surface area contributed by atoms with E-state index in [2.05, 4.69) is 72.3 Å². The topological polar surface area (TPSA) is 48.3 Å². The largest absolute Gasteiger partial charge is 0.497 e. The van der Waals surface area contributed by atoms with Crippen LogP contribution in [-0.4, -0.2) is 23.8 Å². The molecule has 0 bridgehead atoms. The van der Waals surface area contributed by atoms with Gasteiger partial charge in [-0.2, -0.15) is 0 Å². The molecule has 0 spiro atoms. The molecule has 156 valence electrons. The van der Waals surface area contributed by atoms with E-state index in [1.165, 1.54) is 0 Å². The third kappa shape index (κ3) is 3.13. The first-order chi connectivity index (χ1) is 15.0. The molecule has 3 aromatic carbocycles. The zero-order valence-corrected chi connectivity index (χ0v) is 18.1. The van der Waals surface area contributed by atoms with Gasteiger partial charge >= 0.3 is 0 Å². The second-order valence-electron chi connectivity index (χ2n) is 8.15. The molecule has 5 heteroatoms. The molecule has 2 heterocycles. The molecule has 0 saturated carbocycles. The highest BCUT2D eigenvalue weighted by atomic mass is 16.5. The van der Waals surface area contributed by atoms with Crippen molar-refractivity contribution in [1.82, 2.24) is 9.55 Å². The van der Waals surface area contributed by atoms with E-state index >= 15 is 0 Å². The average Bonchev–Trinajstić information content (AvgIpc) is 3.21. The zero-order valence-electron chi connectivity index (χ0n) is 18.1. The van der Waals surface area contributed by atoms with Gasteiger partial charge in [0.15, 0.2) is 0 Å². The summed E-state index contributed by atoms with van der Waals surface area (Å²) in [6.45, 7) is 4.36. The van der Waals surface area contributed by atoms with Gasteiger partial charge in [-0.3, -0.25) is 0 Å².